The van der Waals surface area contributed by atoms with E-state index in [2.05, 4.69) is 4.98 Å². The first-order valence-electron chi connectivity index (χ1n) is 6.54. The lowest BCUT2D eigenvalue weighted by Gasteiger charge is -2.26. The Kier molecular flexibility index (Phi) is 2.69. The molecule has 0 unspecified atom stereocenters. The zero-order valence-corrected chi connectivity index (χ0v) is 11.9. The van der Waals surface area contributed by atoms with Crippen LogP contribution in [-0.2, 0) is 23.1 Å². The van der Waals surface area contributed by atoms with Gasteiger partial charge in [-0.1, -0.05) is 0 Å². The number of ether oxygens (including phenoxy) is 2. The fourth-order valence-electron chi connectivity index (χ4n) is 2.54. The molecular formula is C13H13N3O4S. The highest BCUT2D eigenvalue weighted by molar-refractivity contribution is 7.89. The maximum Gasteiger partial charge on any atom is 0.243 e. The van der Waals surface area contributed by atoms with Gasteiger partial charge in [0, 0.05) is 31.5 Å². The Morgan fingerprint density at radius 3 is 2.90 bits per heavy atom. The van der Waals surface area contributed by atoms with Crippen molar-refractivity contribution in [2.75, 3.05) is 13.3 Å². The van der Waals surface area contributed by atoms with Crippen LogP contribution in [0.2, 0.25) is 0 Å². The van der Waals surface area contributed by atoms with Crippen LogP contribution in [0.25, 0.3) is 0 Å². The van der Waals surface area contributed by atoms with Gasteiger partial charge in [0.1, 0.15) is 5.82 Å². The van der Waals surface area contributed by atoms with Crippen molar-refractivity contribution in [3.05, 3.63) is 36.4 Å². The minimum Gasteiger partial charge on any atom is -0.454 e. The van der Waals surface area contributed by atoms with Crippen LogP contribution in [0.1, 0.15) is 5.82 Å². The third-order valence-corrected chi connectivity index (χ3v) is 5.53. The van der Waals surface area contributed by atoms with Crippen LogP contribution >= 0.6 is 0 Å². The van der Waals surface area contributed by atoms with Gasteiger partial charge in [0.05, 0.1) is 11.4 Å². The molecule has 0 N–H and O–H groups in total. The SMILES string of the molecule is O=S(=O)(c1ccc2c(c1)OCO2)N1CCn2ccnc2C1. The molecule has 0 radical (unpaired) electrons. The lowest BCUT2D eigenvalue weighted by atomic mass is 10.3. The highest BCUT2D eigenvalue weighted by Gasteiger charge is 2.30. The maximum absolute atomic E-state index is 12.7. The van der Waals surface area contributed by atoms with E-state index in [1.165, 1.54) is 10.4 Å². The first kappa shape index (κ1) is 12.7. The van der Waals surface area contributed by atoms with Crippen molar-refractivity contribution in [2.24, 2.45) is 0 Å². The second kappa shape index (κ2) is 4.47. The maximum atomic E-state index is 12.7. The summed E-state index contributed by atoms with van der Waals surface area (Å²) in [6, 6.07) is 4.68. The summed E-state index contributed by atoms with van der Waals surface area (Å²) >= 11 is 0. The Hall–Kier alpha value is -2.06. The number of hydrogen-bond acceptors (Lipinski definition) is 5. The zero-order valence-electron chi connectivity index (χ0n) is 11.1. The first-order valence-corrected chi connectivity index (χ1v) is 7.98. The van der Waals surface area contributed by atoms with E-state index in [-0.39, 0.29) is 18.2 Å². The van der Waals surface area contributed by atoms with Gasteiger partial charge in [-0.25, -0.2) is 13.4 Å². The number of aromatic nitrogens is 2. The molecule has 21 heavy (non-hydrogen) atoms. The van der Waals surface area contributed by atoms with E-state index in [0.29, 0.717) is 24.6 Å². The van der Waals surface area contributed by atoms with Gasteiger partial charge >= 0.3 is 0 Å². The van der Waals surface area contributed by atoms with E-state index < -0.39 is 10.0 Å². The minimum absolute atomic E-state index is 0.125. The van der Waals surface area contributed by atoms with E-state index in [0.717, 1.165) is 5.82 Å². The fourth-order valence-corrected chi connectivity index (χ4v) is 3.94. The molecule has 2 aromatic rings. The van der Waals surface area contributed by atoms with Crippen molar-refractivity contribution in [2.45, 2.75) is 18.0 Å². The molecular weight excluding hydrogens is 294 g/mol. The molecule has 0 spiro atoms. The van der Waals surface area contributed by atoms with Crippen LogP contribution in [-0.4, -0.2) is 35.6 Å². The van der Waals surface area contributed by atoms with Crippen LogP contribution in [0.3, 0.4) is 0 Å². The largest absolute Gasteiger partial charge is 0.454 e. The molecule has 1 aromatic heterocycles. The second-order valence-electron chi connectivity index (χ2n) is 4.89. The molecule has 110 valence electrons. The number of imidazole rings is 1. The normalized spacial score (nSPS) is 17.7. The third kappa shape index (κ3) is 1.98. The van der Waals surface area contributed by atoms with Gasteiger partial charge in [-0.15, -0.1) is 0 Å². The van der Waals surface area contributed by atoms with E-state index in [9.17, 15) is 8.42 Å². The number of sulfonamides is 1. The lowest BCUT2D eigenvalue weighted by molar-refractivity contribution is 0.174. The fraction of sp³-hybridized carbons (Fsp3) is 0.308. The summed E-state index contributed by atoms with van der Waals surface area (Å²) in [5.41, 5.74) is 0. The Morgan fingerprint density at radius 1 is 1.14 bits per heavy atom. The average Bonchev–Trinajstić information content (AvgIpc) is 3.14. The summed E-state index contributed by atoms with van der Waals surface area (Å²) in [7, 11) is -3.56. The monoisotopic (exact) mass is 307 g/mol. The van der Waals surface area contributed by atoms with Gasteiger partial charge in [-0.05, 0) is 12.1 Å². The van der Waals surface area contributed by atoms with Crippen molar-refractivity contribution in [3.8, 4) is 11.5 Å². The number of benzene rings is 1. The molecule has 0 fully saturated rings. The van der Waals surface area contributed by atoms with Gasteiger partial charge in [-0.2, -0.15) is 4.31 Å². The molecule has 0 aliphatic carbocycles. The van der Waals surface area contributed by atoms with Crippen molar-refractivity contribution >= 4 is 10.0 Å². The van der Waals surface area contributed by atoms with Gasteiger partial charge in [0.15, 0.2) is 11.5 Å². The minimum atomic E-state index is -3.56. The topological polar surface area (TPSA) is 73.7 Å². The molecule has 0 amide bonds. The molecule has 1 aromatic carbocycles. The number of hydrogen-bond donors (Lipinski definition) is 0. The van der Waals surface area contributed by atoms with Crippen LogP contribution in [0.4, 0.5) is 0 Å². The molecule has 4 rings (SSSR count). The summed E-state index contributed by atoms with van der Waals surface area (Å²) in [5.74, 6) is 1.79. The quantitative estimate of drug-likeness (QED) is 0.821. The molecule has 0 saturated heterocycles. The Labute approximate surface area is 121 Å². The standard InChI is InChI=1S/C13H13N3O4S/c17-21(18,10-1-2-11-12(7-10)20-9-19-11)16-6-5-15-4-3-14-13(15)8-16/h1-4,7H,5-6,8-9H2. The highest BCUT2D eigenvalue weighted by Crippen LogP contribution is 2.35. The van der Waals surface area contributed by atoms with Crippen molar-refractivity contribution in [1.82, 2.24) is 13.9 Å². The summed E-state index contributed by atoms with van der Waals surface area (Å²) in [4.78, 5) is 4.40. The molecule has 0 bridgehead atoms. The van der Waals surface area contributed by atoms with Crippen molar-refractivity contribution < 1.29 is 17.9 Å². The van der Waals surface area contributed by atoms with Crippen LogP contribution in [0.15, 0.2) is 35.5 Å². The van der Waals surface area contributed by atoms with Crippen molar-refractivity contribution in [3.63, 3.8) is 0 Å². The van der Waals surface area contributed by atoms with Crippen LogP contribution < -0.4 is 9.47 Å². The predicted octanol–water partition coefficient (Wildman–Crippen LogP) is 0.816. The molecule has 0 saturated carbocycles. The summed E-state index contributed by atoms with van der Waals surface area (Å²) in [6.45, 7) is 1.45. The summed E-state index contributed by atoms with van der Waals surface area (Å²) in [5, 5.41) is 0. The van der Waals surface area contributed by atoms with Gasteiger partial charge in [0.2, 0.25) is 16.8 Å². The number of nitrogens with zero attached hydrogens (tertiary/aromatic N) is 3. The summed E-state index contributed by atoms with van der Waals surface area (Å²) in [6.07, 6.45) is 3.55. The number of fused-ring (bicyclic) bond motifs is 2. The lowest BCUT2D eigenvalue weighted by Crippen LogP contribution is -2.38. The first-order chi connectivity index (χ1) is 10.1. The third-order valence-electron chi connectivity index (χ3n) is 3.69. The average molecular weight is 307 g/mol. The van der Waals surface area contributed by atoms with Gasteiger partial charge in [-0.3, -0.25) is 0 Å². The van der Waals surface area contributed by atoms with Crippen molar-refractivity contribution in [1.29, 1.82) is 0 Å². The van der Waals surface area contributed by atoms with Gasteiger partial charge < -0.3 is 14.0 Å². The Bertz CT molecular complexity index is 799. The molecule has 8 heteroatoms. The van der Waals surface area contributed by atoms with E-state index >= 15 is 0 Å². The predicted molar refractivity (Wildman–Crippen MR) is 72.4 cm³/mol. The van der Waals surface area contributed by atoms with Crippen LogP contribution in [0, 0.1) is 0 Å². The summed E-state index contributed by atoms with van der Waals surface area (Å²) < 4.78 is 39.3. The molecule has 2 aliphatic rings. The smallest absolute Gasteiger partial charge is 0.243 e. The molecule has 7 nitrogen and oxygen atoms in total. The van der Waals surface area contributed by atoms with Crippen LogP contribution in [0.5, 0.6) is 11.5 Å². The number of rotatable bonds is 2. The highest BCUT2D eigenvalue weighted by atomic mass is 32.2. The Balaban J connectivity index is 1.68. The Morgan fingerprint density at radius 2 is 2.00 bits per heavy atom. The van der Waals surface area contributed by atoms with E-state index in [4.69, 9.17) is 9.47 Å². The second-order valence-corrected chi connectivity index (χ2v) is 6.83. The zero-order chi connectivity index (χ0) is 14.4. The molecule has 2 aliphatic heterocycles. The molecule has 3 heterocycles. The van der Waals surface area contributed by atoms with E-state index in [1.54, 1.807) is 18.3 Å². The van der Waals surface area contributed by atoms with Gasteiger partial charge in [0.25, 0.3) is 0 Å². The van der Waals surface area contributed by atoms with E-state index in [1.807, 2.05) is 10.8 Å². The molecule has 0 atom stereocenters.